The lowest BCUT2D eigenvalue weighted by atomic mass is 10.1. The smallest absolute Gasteiger partial charge is 0.106 e. The van der Waals surface area contributed by atoms with E-state index in [0.29, 0.717) is 6.10 Å². The monoisotopic (exact) mass is 160 g/mol. The lowest BCUT2D eigenvalue weighted by molar-refractivity contribution is 0.415. The maximum absolute atomic E-state index is 5.17. The van der Waals surface area contributed by atoms with Crippen molar-refractivity contribution in [1.29, 1.82) is 0 Å². The Bertz CT molecular complexity index is 293. The molecule has 1 aromatic rings. The fourth-order valence-electron chi connectivity index (χ4n) is 1.22. The zero-order valence-corrected chi connectivity index (χ0v) is 7.21. The van der Waals surface area contributed by atoms with Gasteiger partial charge in [0.25, 0.3) is 0 Å². The van der Waals surface area contributed by atoms with Crippen LogP contribution in [0.15, 0.2) is 30.8 Å². The summed E-state index contributed by atoms with van der Waals surface area (Å²) in [7, 11) is 0. The van der Waals surface area contributed by atoms with E-state index in [9.17, 15) is 0 Å². The molecule has 0 radical (unpaired) electrons. The third-order valence-electron chi connectivity index (χ3n) is 2.11. The molecule has 1 aliphatic rings. The van der Waals surface area contributed by atoms with E-state index >= 15 is 0 Å². The first-order chi connectivity index (χ1) is 5.77. The third-order valence-corrected chi connectivity index (χ3v) is 2.11. The van der Waals surface area contributed by atoms with Crippen molar-refractivity contribution in [1.82, 2.24) is 0 Å². The quantitative estimate of drug-likeness (QED) is 0.606. The molecule has 1 unspecified atom stereocenters. The molecule has 12 heavy (non-hydrogen) atoms. The Morgan fingerprint density at radius 1 is 1.42 bits per heavy atom. The van der Waals surface area contributed by atoms with Crippen LogP contribution in [0.4, 0.5) is 0 Å². The second-order valence-corrected chi connectivity index (χ2v) is 3.22. The molecule has 0 saturated carbocycles. The van der Waals surface area contributed by atoms with Crippen molar-refractivity contribution < 1.29 is 4.74 Å². The molecule has 1 nitrogen and oxygen atoms in total. The standard InChI is InChI=1S/C11H12O/c1-8(2)9-3-5-10(6-4-9)11-7-12-11/h3-6,11H,1,7H2,2H3. The molecular formula is C11H12O. The van der Waals surface area contributed by atoms with Gasteiger partial charge < -0.3 is 4.74 Å². The van der Waals surface area contributed by atoms with Crippen LogP contribution in [0, 0.1) is 0 Å². The largest absolute Gasteiger partial charge is 0.368 e. The summed E-state index contributed by atoms with van der Waals surface area (Å²) in [4.78, 5) is 0. The Hall–Kier alpha value is -1.08. The van der Waals surface area contributed by atoms with E-state index in [1.807, 2.05) is 6.92 Å². The van der Waals surface area contributed by atoms with Crippen molar-refractivity contribution >= 4 is 5.57 Å². The second-order valence-electron chi connectivity index (χ2n) is 3.22. The van der Waals surface area contributed by atoms with Crippen LogP contribution in [-0.4, -0.2) is 6.61 Å². The van der Waals surface area contributed by atoms with E-state index < -0.39 is 0 Å². The van der Waals surface area contributed by atoms with Gasteiger partial charge in [0.05, 0.1) is 6.61 Å². The van der Waals surface area contributed by atoms with Crippen molar-refractivity contribution in [2.24, 2.45) is 0 Å². The van der Waals surface area contributed by atoms with Crippen molar-refractivity contribution in [3.05, 3.63) is 42.0 Å². The van der Waals surface area contributed by atoms with Crippen LogP contribution in [0.1, 0.15) is 24.2 Å². The maximum atomic E-state index is 5.17. The Kier molecular flexibility index (Phi) is 1.74. The Morgan fingerprint density at radius 2 is 2.00 bits per heavy atom. The molecule has 1 saturated heterocycles. The molecule has 62 valence electrons. The van der Waals surface area contributed by atoms with E-state index in [-0.39, 0.29) is 0 Å². The highest BCUT2D eigenvalue weighted by atomic mass is 16.6. The molecule has 1 heterocycles. The van der Waals surface area contributed by atoms with Gasteiger partial charge in [-0.3, -0.25) is 0 Å². The zero-order valence-electron chi connectivity index (χ0n) is 7.21. The van der Waals surface area contributed by atoms with Gasteiger partial charge in [-0.25, -0.2) is 0 Å². The predicted octanol–water partition coefficient (Wildman–Crippen LogP) is 2.79. The molecule has 0 N–H and O–H groups in total. The van der Waals surface area contributed by atoms with Gasteiger partial charge in [0.1, 0.15) is 6.10 Å². The maximum Gasteiger partial charge on any atom is 0.106 e. The van der Waals surface area contributed by atoms with Crippen LogP contribution < -0.4 is 0 Å². The normalized spacial score (nSPS) is 20.6. The SMILES string of the molecule is C=C(C)c1ccc(C2CO2)cc1. The van der Waals surface area contributed by atoms with Crippen LogP contribution in [0.2, 0.25) is 0 Å². The Balaban J connectivity index is 2.24. The van der Waals surface area contributed by atoms with Crippen LogP contribution in [0.5, 0.6) is 0 Å². The Labute approximate surface area is 72.7 Å². The van der Waals surface area contributed by atoms with E-state index in [0.717, 1.165) is 12.2 Å². The highest BCUT2D eigenvalue weighted by molar-refractivity contribution is 5.61. The summed E-state index contributed by atoms with van der Waals surface area (Å²) in [6.07, 6.45) is 0.365. The summed E-state index contributed by atoms with van der Waals surface area (Å²) >= 11 is 0. The summed E-state index contributed by atoms with van der Waals surface area (Å²) in [5.41, 5.74) is 3.60. The van der Waals surface area contributed by atoms with Gasteiger partial charge in [-0.05, 0) is 18.1 Å². The van der Waals surface area contributed by atoms with Gasteiger partial charge >= 0.3 is 0 Å². The second kappa shape index (κ2) is 2.76. The molecule has 1 heteroatoms. The van der Waals surface area contributed by atoms with Gasteiger partial charge in [-0.2, -0.15) is 0 Å². The van der Waals surface area contributed by atoms with E-state index in [2.05, 4.69) is 30.8 Å². The molecule has 0 bridgehead atoms. The van der Waals surface area contributed by atoms with Gasteiger partial charge in [-0.1, -0.05) is 36.4 Å². The van der Waals surface area contributed by atoms with Gasteiger partial charge in [0.15, 0.2) is 0 Å². The average molecular weight is 160 g/mol. The number of epoxide rings is 1. The summed E-state index contributed by atoms with van der Waals surface area (Å²) in [6.45, 7) is 6.78. The number of hydrogen-bond donors (Lipinski definition) is 0. The lowest BCUT2D eigenvalue weighted by Crippen LogP contribution is -1.82. The van der Waals surface area contributed by atoms with Crippen LogP contribution in [0.3, 0.4) is 0 Å². The summed E-state index contributed by atoms with van der Waals surface area (Å²) in [6, 6.07) is 8.42. The minimum atomic E-state index is 0.365. The summed E-state index contributed by atoms with van der Waals surface area (Å²) in [5, 5.41) is 0. The zero-order chi connectivity index (χ0) is 8.55. The minimum Gasteiger partial charge on any atom is -0.368 e. The van der Waals surface area contributed by atoms with E-state index in [1.54, 1.807) is 0 Å². The molecule has 0 spiro atoms. The van der Waals surface area contributed by atoms with Crippen molar-refractivity contribution in [2.45, 2.75) is 13.0 Å². The average Bonchev–Trinajstić information content (AvgIpc) is 2.87. The Morgan fingerprint density at radius 3 is 2.42 bits per heavy atom. The fraction of sp³-hybridized carbons (Fsp3) is 0.273. The summed E-state index contributed by atoms with van der Waals surface area (Å²) < 4.78 is 5.17. The predicted molar refractivity (Wildman–Crippen MR) is 49.8 cm³/mol. The van der Waals surface area contributed by atoms with Crippen LogP contribution >= 0.6 is 0 Å². The van der Waals surface area contributed by atoms with Crippen molar-refractivity contribution in [3.8, 4) is 0 Å². The fourth-order valence-corrected chi connectivity index (χ4v) is 1.22. The highest BCUT2D eigenvalue weighted by Crippen LogP contribution is 2.30. The molecule has 0 amide bonds. The van der Waals surface area contributed by atoms with Crippen molar-refractivity contribution in [2.75, 3.05) is 6.61 Å². The third kappa shape index (κ3) is 1.41. The first kappa shape index (κ1) is 7.56. The number of benzene rings is 1. The molecule has 1 aromatic carbocycles. The molecule has 1 fully saturated rings. The first-order valence-electron chi connectivity index (χ1n) is 4.15. The van der Waals surface area contributed by atoms with E-state index in [4.69, 9.17) is 4.74 Å². The van der Waals surface area contributed by atoms with Gasteiger partial charge in [-0.15, -0.1) is 0 Å². The molecule has 1 atom stereocenters. The minimum absolute atomic E-state index is 0.365. The molecule has 1 aliphatic heterocycles. The number of allylic oxidation sites excluding steroid dienone is 1. The summed E-state index contributed by atoms with van der Waals surface area (Å²) in [5.74, 6) is 0. The number of rotatable bonds is 2. The molecular weight excluding hydrogens is 148 g/mol. The first-order valence-corrected chi connectivity index (χ1v) is 4.15. The number of ether oxygens (including phenoxy) is 1. The highest BCUT2D eigenvalue weighted by Gasteiger charge is 2.24. The molecule has 0 aromatic heterocycles. The number of hydrogen-bond acceptors (Lipinski definition) is 1. The molecule has 0 aliphatic carbocycles. The van der Waals surface area contributed by atoms with Gasteiger partial charge in [0, 0.05) is 0 Å². The van der Waals surface area contributed by atoms with E-state index in [1.165, 1.54) is 11.1 Å². The van der Waals surface area contributed by atoms with Gasteiger partial charge in [0.2, 0.25) is 0 Å². The lowest BCUT2D eigenvalue weighted by Gasteiger charge is -2.00. The van der Waals surface area contributed by atoms with Crippen LogP contribution in [-0.2, 0) is 4.74 Å². The van der Waals surface area contributed by atoms with Crippen LogP contribution in [0.25, 0.3) is 5.57 Å². The topological polar surface area (TPSA) is 12.5 Å². The van der Waals surface area contributed by atoms with Crippen molar-refractivity contribution in [3.63, 3.8) is 0 Å². The molecule has 2 rings (SSSR count).